The number of nitrogens with one attached hydrogen (secondary N) is 2. The fourth-order valence-electron chi connectivity index (χ4n) is 3.22. The molecule has 21 heavy (non-hydrogen) atoms. The summed E-state index contributed by atoms with van der Waals surface area (Å²) in [6.45, 7) is 0.984. The molecule has 120 valence electrons. The van der Waals surface area contributed by atoms with Crippen molar-refractivity contribution in [3.63, 3.8) is 0 Å². The first-order valence-corrected chi connectivity index (χ1v) is 8.07. The Bertz CT molecular complexity index is 356. The molecule has 3 N–H and O–H groups in total. The number of aliphatic hydroxyl groups is 1. The van der Waals surface area contributed by atoms with E-state index in [1.165, 1.54) is 37.0 Å². The van der Waals surface area contributed by atoms with Crippen molar-refractivity contribution in [3.8, 4) is 0 Å². The summed E-state index contributed by atoms with van der Waals surface area (Å²) in [4.78, 5) is 13.7. The number of amides is 1. The van der Waals surface area contributed by atoms with E-state index in [1.807, 2.05) is 0 Å². The first kappa shape index (κ1) is 16.2. The van der Waals surface area contributed by atoms with Gasteiger partial charge in [-0.3, -0.25) is 15.1 Å². The van der Waals surface area contributed by atoms with Crippen molar-refractivity contribution >= 4 is 11.9 Å². The smallest absolute Gasteiger partial charge is 0.251 e. The molecule has 0 bridgehead atoms. The maximum absolute atomic E-state index is 12.3. The molecule has 1 unspecified atom stereocenters. The van der Waals surface area contributed by atoms with Crippen LogP contribution < -0.4 is 5.32 Å². The molecule has 2 rings (SSSR count). The van der Waals surface area contributed by atoms with E-state index in [-0.39, 0.29) is 31.1 Å². The number of carbonyl (C=O) groups is 1. The Kier molecular flexibility index (Phi) is 6.45. The van der Waals surface area contributed by atoms with Crippen molar-refractivity contribution in [2.75, 3.05) is 26.4 Å². The van der Waals surface area contributed by atoms with Gasteiger partial charge in [0.1, 0.15) is 6.04 Å². The van der Waals surface area contributed by atoms with Crippen molar-refractivity contribution in [1.29, 1.82) is 5.41 Å². The zero-order valence-electron chi connectivity index (χ0n) is 12.6. The lowest BCUT2D eigenvalue weighted by atomic mass is 9.85. The van der Waals surface area contributed by atoms with Crippen LogP contribution in [0.3, 0.4) is 0 Å². The number of ether oxygens (including phenoxy) is 1. The average molecular weight is 297 g/mol. The van der Waals surface area contributed by atoms with Gasteiger partial charge in [0, 0.05) is 0 Å². The van der Waals surface area contributed by atoms with Gasteiger partial charge in [0.25, 0.3) is 5.91 Å². The van der Waals surface area contributed by atoms with Gasteiger partial charge < -0.3 is 15.2 Å². The fourth-order valence-corrected chi connectivity index (χ4v) is 3.22. The van der Waals surface area contributed by atoms with Gasteiger partial charge in [0.15, 0.2) is 5.96 Å². The number of carbonyl (C=O) groups excluding carboxylic acids is 1. The van der Waals surface area contributed by atoms with E-state index in [4.69, 9.17) is 15.3 Å². The topological polar surface area (TPSA) is 85.7 Å². The standard InChI is InChI=1S/C15H27N3O3/c16-15-17-13(7-6-12-4-2-1-3-5-12)14(20)18(15)8-10-21-11-9-19/h12-13,19H,1-11H2,(H2,16,17). The monoisotopic (exact) mass is 297 g/mol. The highest BCUT2D eigenvalue weighted by Crippen LogP contribution is 2.28. The van der Waals surface area contributed by atoms with Gasteiger partial charge >= 0.3 is 0 Å². The SMILES string of the molecule is N=C1NC(CCC2CCCCC2)C(=O)N1CCOCCO. The van der Waals surface area contributed by atoms with Crippen LogP contribution in [0, 0.1) is 11.3 Å². The van der Waals surface area contributed by atoms with Crippen molar-refractivity contribution in [1.82, 2.24) is 10.2 Å². The molecule has 1 aliphatic carbocycles. The lowest BCUT2D eigenvalue weighted by molar-refractivity contribution is -0.127. The summed E-state index contributed by atoms with van der Waals surface area (Å²) in [6, 6.07) is -0.239. The number of hydrogen-bond donors (Lipinski definition) is 3. The van der Waals surface area contributed by atoms with E-state index in [2.05, 4.69) is 5.32 Å². The van der Waals surface area contributed by atoms with Crippen LogP contribution >= 0.6 is 0 Å². The van der Waals surface area contributed by atoms with Gasteiger partial charge in [0.05, 0.1) is 26.4 Å². The summed E-state index contributed by atoms with van der Waals surface area (Å²) >= 11 is 0. The van der Waals surface area contributed by atoms with Crippen LogP contribution in [0.25, 0.3) is 0 Å². The Hall–Kier alpha value is -1.14. The molecule has 0 radical (unpaired) electrons. The van der Waals surface area contributed by atoms with Gasteiger partial charge in [-0.05, 0) is 18.8 Å². The highest BCUT2D eigenvalue weighted by atomic mass is 16.5. The summed E-state index contributed by atoms with van der Waals surface area (Å²) in [5.74, 6) is 0.925. The number of guanidine groups is 1. The molecule has 0 aromatic rings. The van der Waals surface area contributed by atoms with E-state index in [1.54, 1.807) is 0 Å². The molecule has 0 spiro atoms. The zero-order valence-corrected chi connectivity index (χ0v) is 12.6. The van der Waals surface area contributed by atoms with Gasteiger partial charge in [-0.2, -0.15) is 0 Å². The fraction of sp³-hybridized carbons (Fsp3) is 0.867. The molecule has 1 saturated heterocycles. The highest BCUT2D eigenvalue weighted by molar-refractivity contribution is 6.05. The van der Waals surface area contributed by atoms with E-state index in [0.717, 1.165) is 18.8 Å². The Morgan fingerprint density at radius 1 is 1.24 bits per heavy atom. The molecule has 1 heterocycles. The third kappa shape index (κ3) is 4.68. The minimum absolute atomic E-state index is 0.0107. The van der Waals surface area contributed by atoms with Gasteiger partial charge in [-0.15, -0.1) is 0 Å². The van der Waals surface area contributed by atoms with Crippen molar-refractivity contribution in [2.45, 2.75) is 51.0 Å². The second-order valence-electron chi connectivity index (χ2n) is 5.95. The Morgan fingerprint density at radius 2 is 2.00 bits per heavy atom. The normalized spacial score (nSPS) is 23.7. The number of rotatable bonds is 8. The molecule has 2 fully saturated rings. The lowest BCUT2D eigenvalue weighted by Crippen LogP contribution is -2.35. The molecule has 6 nitrogen and oxygen atoms in total. The van der Waals surface area contributed by atoms with Crippen molar-refractivity contribution in [2.24, 2.45) is 5.92 Å². The molecule has 1 saturated carbocycles. The largest absolute Gasteiger partial charge is 0.394 e. The van der Waals surface area contributed by atoms with E-state index in [0.29, 0.717) is 13.2 Å². The minimum atomic E-state index is -0.239. The third-order valence-corrected chi connectivity index (χ3v) is 4.43. The predicted molar refractivity (Wildman–Crippen MR) is 80.1 cm³/mol. The molecule has 1 atom stereocenters. The van der Waals surface area contributed by atoms with E-state index < -0.39 is 0 Å². The summed E-state index contributed by atoms with van der Waals surface area (Å²) in [6.07, 6.45) is 8.46. The van der Waals surface area contributed by atoms with Crippen LogP contribution in [0.5, 0.6) is 0 Å². The molecule has 6 heteroatoms. The lowest BCUT2D eigenvalue weighted by Gasteiger charge is -2.22. The van der Waals surface area contributed by atoms with Crippen LogP contribution in [-0.4, -0.2) is 54.3 Å². The highest BCUT2D eigenvalue weighted by Gasteiger charge is 2.35. The quantitative estimate of drug-likeness (QED) is 0.585. The van der Waals surface area contributed by atoms with E-state index >= 15 is 0 Å². The predicted octanol–water partition coefficient (Wildman–Crippen LogP) is 1.09. The molecule has 2 aliphatic rings. The van der Waals surface area contributed by atoms with Crippen molar-refractivity contribution < 1.29 is 14.6 Å². The van der Waals surface area contributed by atoms with Crippen molar-refractivity contribution in [3.05, 3.63) is 0 Å². The van der Waals surface area contributed by atoms with E-state index in [9.17, 15) is 4.79 Å². The summed E-state index contributed by atoms with van der Waals surface area (Å²) in [5, 5.41) is 19.5. The average Bonchev–Trinajstić information content (AvgIpc) is 2.77. The van der Waals surface area contributed by atoms with Gasteiger partial charge in [0.2, 0.25) is 0 Å². The zero-order chi connectivity index (χ0) is 15.1. The summed E-state index contributed by atoms with van der Waals surface area (Å²) in [7, 11) is 0. The minimum Gasteiger partial charge on any atom is -0.394 e. The molecular formula is C15H27N3O3. The first-order chi connectivity index (χ1) is 10.2. The maximum Gasteiger partial charge on any atom is 0.251 e. The molecule has 0 aromatic carbocycles. The first-order valence-electron chi connectivity index (χ1n) is 8.07. The van der Waals surface area contributed by atoms with Crippen LogP contribution in [-0.2, 0) is 9.53 Å². The molecular weight excluding hydrogens is 270 g/mol. The maximum atomic E-state index is 12.3. The molecule has 0 aromatic heterocycles. The molecule has 1 aliphatic heterocycles. The second kappa shape index (κ2) is 8.34. The number of hydrogen-bond acceptors (Lipinski definition) is 4. The third-order valence-electron chi connectivity index (χ3n) is 4.43. The Balaban J connectivity index is 1.72. The summed E-state index contributed by atoms with van der Waals surface area (Å²) < 4.78 is 5.16. The molecule has 1 amide bonds. The second-order valence-corrected chi connectivity index (χ2v) is 5.95. The number of nitrogens with zero attached hydrogens (tertiary/aromatic N) is 1. The van der Waals surface area contributed by atoms with Gasteiger partial charge in [-0.25, -0.2) is 0 Å². The Morgan fingerprint density at radius 3 is 2.71 bits per heavy atom. The number of aliphatic hydroxyl groups excluding tert-OH is 1. The van der Waals surface area contributed by atoms with Gasteiger partial charge in [-0.1, -0.05) is 32.1 Å². The van der Waals surface area contributed by atoms with Crippen LogP contribution in [0.4, 0.5) is 0 Å². The van der Waals surface area contributed by atoms with Crippen LogP contribution in [0.15, 0.2) is 0 Å². The van der Waals surface area contributed by atoms with Crippen LogP contribution in [0.1, 0.15) is 44.9 Å². The summed E-state index contributed by atoms with van der Waals surface area (Å²) in [5.41, 5.74) is 0. The van der Waals surface area contributed by atoms with Crippen LogP contribution in [0.2, 0.25) is 0 Å². The Labute approximate surface area is 126 Å².